The van der Waals surface area contributed by atoms with Gasteiger partial charge in [0.15, 0.2) is 18.5 Å². The molecule has 0 saturated carbocycles. The molecule has 0 unspecified atom stereocenters. The number of rotatable bonds is 17. The number of esters is 3. The monoisotopic (exact) mass is 515 g/mol. The fourth-order valence-corrected chi connectivity index (χ4v) is 4.22. The Hall–Kier alpha value is -2.20. The predicted molar refractivity (Wildman–Crippen MR) is 132 cm³/mol. The molecule has 0 bridgehead atoms. The van der Waals surface area contributed by atoms with Gasteiger partial charge in [-0.1, -0.05) is 64.7 Å². The number of hydrogen-bond donors (Lipinski definition) is 1. The normalized spacial score (nSPS) is 23.5. The molecule has 10 heteroatoms. The number of unbranched alkanes of at least 4 members (excludes halogenated alkanes) is 9. The van der Waals surface area contributed by atoms with Crippen LogP contribution in [0.2, 0.25) is 0 Å². The van der Waals surface area contributed by atoms with E-state index in [1.165, 1.54) is 72.6 Å². The number of carbonyl (C=O) groups excluding carboxylic acids is 4. The lowest BCUT2D eigenvalue weighted by Crippen LogP contribution is -2.66. The van der Waals surface area contributed by atoms with Gasteiger partial charge in [0.25, 0.3) is 0 Å². The van der Waals surface area contributed by atoms with Crippen molar-refractivity contribution in [2.45, 2.75) is 129 Å². The number of carbonyl (C=O) groups is 4. The summed E-state index contributed by atoms with van der Waals surface area (Å²) in [6.07, 6.45) is 7.60. The Labute approximate surface area is 215 Å². The van der Waals surface area contributed by atoms with E-state index in [0.717, 1.165) is 19.3 Å². The maximum Gasteiger partial charge on any atom is 0.303 e. The number of ether oxygens (including phenoxy) is 5. The highest BCUT2D eigenvalue weighted by molar-refractivity contribution is 5.73. The van der Waals surface area contributed by atoms with E-state index in [1.54, 1.807) is 0 Å². The molecule has 1 fully saturated rings. The van der Waals surface area contributed by atoms with Crippen LogP contribution in [-0.4, -0.2) is 67.7 Å². The molecule has 1 saturated heterocycles. The fraction of sp³-hybridized carbons (Fsp3) is 0.846. The van der Waals surface area contributed by atoms with Crippen LogP contribution in [0.5, 0.6) is 0 Å². The molecule has 10 nitrogen and oxygen atoms in total. The first-order valence-corrected chi connectivity index (χ1v) is 13.2. The molecule has 1 N–H and O–H groups in total. The SMILES string of the molecule is CCCCCCCCCCCCO[C@@H]1O[C@H](COC(C)=O)[C@@H](OC(C)=O)[C@H](OC(C)=O)[C@H]1NC(C)=O. The van der Waals surface area contributed by atoms with E-state index in [-0.39, 0.29) is 6.61 Å². The third-order valence-electron chi connectivity index (χ3n) is 5.85. The summed E-state index contributed by atoms with van der Waals surface area (Å²) >= 11 is 0. The molecule has 36 heavy (non-hydrogen) atoms. The van der Waals surface area contributed by atoms with Crippen LogP contribution in [0.1, 0.15) is 98.8 Å². The van der Waals surface area contributed by atoms with Crippen molar-refractivity contribution in [3.63, 3.8) is 0 Å². The highest BCUT2D eigenvalue weighted by Gasteiger charge is 2.51. The maximum atomic E-state index is 11.9. The molecule has 1 aliphatic heterocycles. The minimum absolute atomic E-state index is 0.240. The quantitative estimate of drug-likeness (QED) is 0.176. The van der Waals surface area contributed by atoms with E-state index in [1.807, 2.05) is 0 Å². The van der Waals surface area contributed by atoms with Gasteiger partial charge >= 0.3 is 17.9 Å². The molecule has 1 amide bonds. The first-order valence-electron chi connectivity index (χ1n) is 13.2. The molecule has 0 aromatic rings. The van der Waals surface area contributed by atoms with E-state index < -0.39 is 54.5 Å². The third-order valence-corrected chi connectivity index (χ3v) is 5.85. The number of nitrogens with one attached hydrogen (secondary N) is 1. The van der Waals surface area contributed by atoms with Crippen molar-refractivity contribution in [2.75, 3.05) is 13.2 Å². The first kappa shape index (κ1) is 31.8. The van der Waals surface area contributed by atoms with Crippen molar-refractivity contribution in [3.05, 3.63) is 0 Å². The summed E-state index contributed by atoms with van der Waals surface area (Å²) in [4.78, 5) is 47.0. The van der Waals surface area contributed by atoms with E-state index in [2.05, 4.69) is 12.2 Å². The smallest absolute Gasteiger partial charge is 0.303 e. The Kier molecular flexibility index (Phi) is 16.0. The Morgan fingerprint density at radius 2 is 1.25 bits per heavy atom. The van der Waals surface area contributed by atoms with Crippen LogP contribution in [0.3, 0.4) is 0 Å². The minimum atomic E-state index is -1.11. The summed E-state index contributed by atoms with van der Waals surface area (Å²) in [7, 11) is 0. The maximum absolute atomic E-state index is 11.9. The van der Waals surface area contributed by atoms with Crippen molar-refractivity contribution in [2.24, 2.45) is 0 Å². The summed E-state index contributed by atoms with van der Waals surface area (Å²) < 4.78 is 27.9. The third kappa shape index (κ3) is 13.2. The standard InChI is InChI=1S/C26H45NO9/c1-6-7-8-9-10-11-12-13-14-15-16-32-26-23(27-18(2)28)25(35-21(5)31)24(34-20(4)30)22(36-26)17-33-19(3)29/h22-26H,6-17H2,1-5H3,(H,27,28)/t22-,23-,24-,25-,26-/m1/s1. The fourth-order valence-electron chi connectivity index (χ4n) is 4.22. The van der Waals surface area contributed by atoms with Gasteiger partial charge in [-0.15, -0.1) is 0 Å². The number of amides is 1. The molecule has 0 spiro atoms. The molecule has 0 aliphatic carbocycles. The van der Waals surface area contributed by atoms with Crippen molar-refractivity contribution in [3.8, 4) is 0 Å². The molecule has 0 aromatic carbocycles. The summed E-state index contributed by atoms with van der Waals surface area (Å²) in [5.41, 5.74) is 0. The molecular formula is C26H45NO9. The van der Waals surface area contributed by atoms with Crippen molar-refractivity contribution >= 4 is 23.8 Å². The van der Waals surface area contributed by atoms with Gasteiger partial charge in [0, 0.05) is 34.3 Å². The Balaban J connectivity index is 2.77. The average Bonchev–Trinajstić information content (AvgIpc) is 2.78. The second-order valence-corrected chi connectivity index (χ2v) is 9.27. The van der Waals surface area contributed by atoms with Gasteiger partial charge in [0.05, 0.1) is 0 Å². The van der Waals surface area contributed by atoms with E-state index in [0.29, 0.717) is 6.61 Å². The Bertz CT molecular complexity index is 684. The van der Waals surface area contributed by atoms with Gasteiger partial charge in [-0.05, 0) is 6.42 Å². The van der Waals surface area contributed by atoms with Crippen LogP contribution >= 0.6 is 0 Å². The largest absolute Gasteiger partial charge is 0.463 e. The van der Waals surface area contributed by atoms with Gasteiger partial charge in [-0.25, -0.2) is 0 Å². The van der Waals surface area contributed by atoms with Gasteiger partial charge in [0.1, 0.15) is 18.8 Å². The average molecular weight is 516 g/mol. The molecule has 0 radical (unpaired) electrons. The second-order valence-electron chi connectivity index (χ2n) is 9.27. The molecule has 1 heterocycles. The highest BCUT2D eigenvalue weighted by Crippen LogP contribution is 2.28. The highest BCUT2D eigenvalue weighted by atomic mass is 16.7. The van der Waals surface area contributed by atoms with Gasteiger partial charge < -0.3 is 29.0 Å². The Morgan fingerprint density at radius 3 is 1.75 bits per heavy atom. The van der Waals surface area contributed by atoms with E-state index >= 15 is 0 Å². The topological polar surface area (TPSA) is 126 Å². The lowest BCUT2D eigenvalue weighted by molar-refractivity contribution is -0.277. The van der Waals surface area contributed by atoms with Crippen molar-refractivity contribution < 1.29 is 42.9 Å². The first-order chi connectivity index (χ1) is 17.1. The van der Waals surface area contributed by atoms with Crippen molar-refractivity contribution in [1.82, 2.24) is 5.32 Å². The lowest BCUT2D eigenvalue weighted by atomic mass is 9.96. The molecule has 1 rings (SSSR count). The predicted octanol–water partition coefficient (Wildman–Crippen LogP) is 3.58. The van der Waals surface area contributed by atoms with Crippen LogP contribution in [0.15, 0.2) is 0 Å². The second kappa shape index (κ2) is 18.1. The van der Waals surface area contributed by atoms with Crippen LogP contribution < -0.4 is 5.32 Å². The van der Waals surface area contributed by atoms with E-state index in [4.69, 9.17) is 23.7 Å². The zero-order chi connectivity index (χ0) is 26.9. The summed E-state index contributed by atoms with van der Waals surface area (Å²) in [5.74, 6) is -2.21. The molecule has 1 aliphatic rings. The van der Waals surface area contributed by atoms with Crippen LogP contribution in [0.4, 0.5) is 0 Å². The van der Waals surface area contributed by atoms with Crippen molar-refractivity contribution in [1.29, 1.82) is 0 Å². The van der Waals surface area contributed by atoms with Crippen LogP contribution in [-0.2, 0) is 42.9 Å². The molecule has 0 aromatic heterocycles. The summed E-state index contributed by atoms with van der Waals surface area (Å²) in [5, 5.41) is 2.70. The van der Waals surface area contributed by atoms with Gasteiger partial charge in [0.2, 0.25) is 5.91 Å². The van der Waals surface area contributed by atoms with Gasteiger partial charge in [-0.3, -0.25) is 19.2 Å². The molecule has 208 valence electrons. The summed E-state index contributed by atoms with van der Waals surface area (Å²) in [6.45, 7) is 7.31. The number of hydrogen-bond acceptors (Lipinski definition) is 9. The molecule has 5 atom stereocenters. The summed E-state index contributed by atoms with van der Waals surface area (Å²) in [6, 6.07) is -0.924. The Morgan fingerprint density at radius 1 is 0.722 bits per heavy atom. The molecular weight excluding hydrogens is 470 g/mol. The van der Waals surface area contributed by atoms with E-state index in [9.17, 15) is 19.2 Å². The zero-order valence-corrected chi connectivity index (χ0v) is 22.5. The minimum Gasteiger partial charge on any atom is -0.463 e. The van der Waals surface area contributed by atoms with Crippen LogP contribution in [0, 0.1) is 0 Å². The van der Waals surface area contributed by atoms with Crippen LogP contribution in [0.25, 0.3) is 0 Å². The van der Waals surface area contributed by atoms with Gasteiger partial charge in [-0.2, -0.15) is 0 Å². The lowest BCUT2D eigenvalue weighted by Gasteiger charge is -2.44. The zero-order valence-electron chi connectivity index (χ0n) is 22.5.